The number of carbonyl (C=O) groups is 1. The molecule has 0 fully saturated rings. The molecular weight excluding hydrogens is 238 g/mol. The maximum absolute atomic E-state index is 12.0. The Morgan fingerprint density at radius 3 is 2.37 bits per heavy atom. The fourth-order valence-electron chi connectivity index (χ4n) is 1.73. The van der Waals surface area contributed by atoms with Gasteiger partial charge < -0.3 is 10.1 Å². The van der Waals surface area contributed by atoms with Crippen LogP contribution in [0.3, 0.4) is 0 Å². The molecule has 0 heterocycles. The van der Waals surface area contributed by atoms with Gasteiger partial charge in [0.15, 0.2) is 0 Å². The molecule has 2 aromatic carbocycles. The molecule has 0 aliphatic heterocycles. The standard InChI is InChI=1S/C16H15NO2/c1-2-14(17)13-10-6-7-11-15(13)19-16(18)12-8-4-3-5-9-12/h3-11,17H,2H2,1H3. The first-order valence-electron chi connectivity index (χ1n) is 6.16. The third kappa shape index (κ3) is 3.07. The van der Waals surface area contributed by atoms with Crippen molar-refractivity contribution in [2.75, 3.05) is 0 Å². The zero-order valence-electron chi connectivity index (χ0n) is 10.7. The van der Waals surface area contributed by atoms with Gasteiger partial charge >= 0.3 is 5.97 Å². The van der Waals surface area contributed by atoms with Gasteiger partial charge in [-0.3, -0.25) is 0 Å². The summed E-state index contributed by atoms with van der Waals surface area (Å²) >= 11 is 0. The Morgan fingerprint density at radius 2 is 1.68 bits per heavy atom. The van der Waals surface area contributed by atoms with Crippen LogP contribution in [0.15, 0.2) is 54.6 Å². The second-order valence-corrected chi connectivity index (χ2v) is 4.08. The van der Waals surface area contributed by atoms with Gasteiger partial charge in [-0.2, -0.15) is 0 Å². The molecule has 3 heteroatoms. The zero-order valence-corrected chi connectivity index (χ0v) is 10.7. The minimum atomic E-state index is -0.406. The molecule has 0 atom stereocenters. The lowest BCUT2D eigenvalue weighted by Gasteiger charge is -2.09. The summed E-state index contributed by atoms with van der Waals surface area (Å²) in [5.41, 5.74) is 1.62. The average Bonchev–Trinajstić information content (AvgIpc) is 2.48. The normalized spacial score (nSPS) is 9.95. The second-order valence-electron chi connectivity index (χ2n) is 4.08. The third-order valence-corrected chi connectivity index (χ3v) is 2.78. The molecular formula is C16H15NO2. The Morgan fingerprint density at radius 1 is 1.05 bits per heavy atom. The van der Waals surface area contributed by atoms with Crippen LogP contribution < -0.4 is 4.74 Å². The molecule has 2 rings (SSSR count). The maximum Gasteiger partial charge on any atom is 0.343 e. The molecule has 0 aliphatic rings. The zero-order chi connectivity index (χ0) is 13.7. The highest BCUT2D eigenvalue weighted by Gasteiger charge is 2.12. The molecule has 0 saturated heterocycles. The van der Waals surface area contributed by atoms with Crippen molar-refractivity contribution in [3.05, 3.63) is 65.7 Å². The van der Waals surface area contributed by atoms with E-state index in [9.17, 15) is 4.79 Å². The van der Waals surface area contributed by atoms with E-state index < -0.39 is 5.97 Å². The van der Waals surface area contributed by atoms with Gasteiger partial charge in [0.05, 0.1) is 5.56 Å². The van der Waals surface area contributed by atoms with Gasteiger partial charge in [-0.1, -0.05) is 37.3 Å². The van der Waals surface area contributed by atoms with Gasteiger partial charge in [0.1, 0.15) is 5.75 Å². The number of benzene rings is 2. The highest BCUT2D eigenvalue weighted by atomic mass is 16.5. The van der Waals surface area contributed by atoms with E-state index in [4.69, 9.17) is 10.1 Å². The first kappa shape index (κ1) is 13.0. The van der Waals surface area contributed by atoms with E-state index >= 15 is 0 Å². The summed E-state index contributed by atoms with van der Waals surface area (Å²) in [6.45, 7) is 1.90. The fraction of sp³-hybridized carbons (Fsp3) is 0.125. The number of carbonyl (C=O) groups excluding carboxylic acids is 1. The molecule has 0 amide bonds. The summed E-state index contributed by atoms with van der Waals surface area (Å²) < 4.78 is 5.37. The number of ether oxygens (including phenoxy) is 1. The van der Waals surface area contributed by atoms with E-state index in [1.165, 1.54) is 0 Å². The molecule has 1 N–H and O–H groups in total. The highest BCUT2D eigenvalue weighted by molar-refractivity contribution is 6.01. The van der Waals surface area contributed by atoms with Crippen LogP contribution in [0.5, 0.6) is 5.75 Å². The number of esters is 1. The smallest absolute Gasteiger partial charge is 0.343 e. The summed E-state index contributed by atoms with van der Waals surface area (Å²) in [5.74, 6) is 0.0279. The number of rotatable bonds is 4. The predicted molar refractivity (Wildman–Crippen MR) is 75.0 cm³/mol. The lowest BCUT2D eigenvalue weighted by atomic mass is 10.1. The van der Waals surface area contributed by atoms with Crippen LogP contribution in [0.1, 0.15) is 29.3 Å². The molecule has 96 valence electrons. The molecule has 2 aromatic rings. The van der Waals surface area contributed by atoms with E-state index in [1.807, 2.05) is 19.1 Å². The maximum atomic E-state index is 12.0. The average molecular weight is 253 g/mol. The van der Waals surface area contributed by atoms with Gasteiger partial charge in [-0.25, -0.2) is 4.79 Å². The molecule has 0 radical (unpaired) electrons. The van der Waals surface area contributed by atoms with Gasteiger partial charge in [-0.05, 0) is 30.7 Å². The fourth-order valence-corrected chi connectivity index (χ4v) is 1.73. The lowest BCUT2D eigenvalue weighted by Crippen LogP contribution is -2.11. The first-order chi connectivity index (χ1) is 9.22. The van der Waals surface area contributed by atoms with Crippen molar-refractivity contribution in [3.63, 3.8) is 0 Å². The molecule has 0 unspecified atom stereocenters. The summed E-state index contributed by atoms with van der Waals surface area (Å²) in [7, 11) is 0. The van der Waals surface area contributed by atoms with Crippen LogP contribution in [0.25, 0.3) is 0 Å². The minimum absolute atomic E-state index is 0.406. The Balaban J connectivity index is 2.25. The molecule has 0 saturated carbocycles. The Kier molecular flexibility index (Phi) is 4.08. The van der Waals surface area contributed by atoms with Crippen LogP contribution in [-0.2, 0) is 0 Å². The number of hydrogen-bond donors (Lipinski definition) is 1. The quantitative estimate of drug-likeness (QED) is 0.513. The van der Waals surface area contributed by atoms with Crippen LogP contribution >= 0.6 is 0 Å². The lowest BCUT2D eigenvalue weighted by molar-refractivity contribution is 0.0734. The van der Waals surface area contributed by atoms with E-state index in [0.717, 1.165) is 0 Å². The first-order valence-corrected chi connectivity index (χ1v) is 6.16. The van der Waals surface area contributed by atoms with Gasteiger partial charge in [0.2, 0.25) is 0 Å². The molecule has 0 bridgehead atoms. The van der Waals surface area contributed by atoms with E-state index in [0.29, 0.717) is 29.0 Å². The third-order valence-electron chi connectivity index (χ3n) is 2.78. The summed E-state index contributed by atoms with van der Waals surface area (Å²) in [5, 5.41) is 7.88. The van der Waals surface area contributed by atoms with Gasteiger partial charge in [0, 0.05) is 11.3 Å². The Hall–Kier alpha value is -2.42. The van der Waals surface area contributed by atoms with E-state index in [2.05, 4.69) is 0 Å². The van der Waals surface area contributed by atoms with Crippen molar-refractivity contribution in [2.24, 2.45) is 0 Å². The van der Waals surface area contributed by atoms with Crippen molar-refractivity contribution >= 4 is 11.7 Å². The number of hydrogen-bond acceptors (Lipinski definition) is 3. The monoisotopic (exact) mass is 253 g/mol. The summed E-state index contributed by atoms with van der Waals surface area (Å²) in [6.07, 6.45) is 0.597. The van der Waals surface area contributed by atoms with Crippen molar-refractivity contribution in [2.45, 2.75) is 13.3 Å². The number of para-hydroxylation sites is 1. The Labute approximate surface area is 112 Å². The van der Waals surface area contributed by atoms with Gasteiger partial charge in [0.25, 0.3) is 0 Å². The minimum Gasteiger partial charge on any atom is -0.422 e. The van der Waals surface area contributed by atoms with Gasteiger partial charge in [-0.15, -0.1) is 0 Å². The van der Waals surface area contributed by atoms with E-state index in [-0.39, 0.29) is 0 Å². The second kappa shape index (κ2) is 5.96. The molecule has 0 aromatic heterocycles. The van der Waals surface area contributed by atoms with Crippen LogP contribution in [0, 0.1) is 5.41 Å². The molecule has 19 heavy (non-hydrogen) atoms. The molecule has 3 nitrogen and oxygen atoms in total. The Bertz CT molecular complexity index is 591. The van der Waals surface area contributed by atoms with Crippen LogP contribution in [-0.4, -0.2) is 11.7 Å². The molecule has 0 spiro atoms. The van der Waals surface area contributed by atoms with Crippen molar-refractivity contribution in [1.29, 1.82) is 5.41 Å². The SMILES string of the molecule is CCC(=N)c1ccccc1OC(=O)c1ccccc1. The van der Waals surface area contributed by atoms with Crippen molar-refractivity contribution < 1.29 is 9.53 Å². The van der Waals surface area contributed by atoms with E-state index in [1.54, 1.807) is 42.5 Å². The van der Waals surface area contributed by atoms with Crippen molar-refractivity contribution in [1.82, 2.24) is 0 Å². The number of nitrogens with one attached hydrogen (secondary N) is 1. The topological polar surface area (TPSA) is 50.1 Å². The largest absolute Gasteiger partial charge is 0.422 e. The predicted octanol–water partition coefficient (Wildman–Crippen LogP) is 3.68. The van der Waals surface area contributed by atoms with Crippen LogP contribution in [0.2, 0.25) is 0 Å². The summed E-state index contributed by atoms with van der Waals surface area (Å²) in [6, 6.07) is 16.0. The van der Waals surface area contributed by atoms with Crippen LogP contribution in [0.4, 0.5) is 0 Å². The highest BCUT2D eigenvalue weighted by Crippen LogP contribution is 2.20. The summed E-state index contributed by atoms with van der Waals surface area (Å²) in [4.78, 5) is 12.0. The van der Waals surface area contributed by atoms with Crippen molar-refractivity contribution in [3.8, 4) is 5.75 Å². The molecule has 0 aliphatic carbocycles.